The number of thioether (sulfide) groups is 2. The zero-order valence-corrected chi connectivity index (χ0v) is 20.2. The van der Waals surface area contributed by atoms with Gasteiger partial charge in [-0.15, -0.1) is 0 Å². The first-order valence-corrected chi connectivity index (χ1v) is 13.6. The molecule has 0 bridgehead atoms. The van der Waals surface area contributed by atoms with E-state index in [-0.39, 0.29) is 5.78 Å². The number of rotatable bonds is 2. The van der Waals surface area contributed by atoms with E-state index in [0.717, 1.165) is 47.4 Å². The second-order valence-electron chi connectivity index (χ2n) is 8.22. The Morgan fingerprint density at radius 1 is 0.727 bits per heavy atom. The smallest absolute Gasteiger partial charge is 0.243 e. The normalized spacial score (nSPS) is 17.9. The molecule has 0 N–H and O–H groups in total. The lowest BCUT2D eigenvalue weighted by Crippen LogP contribution is -2.29. The van der Waals surface area contributed by atoms with Crippen LogP contribution in [-0.4, -0.2) is 31.6 Å². The van der Waals surface area contributed by atoms with Crippen molar-refractivity contribution in [3.8, 4) is 0 Å². The molecule has 3 aromatic rings. The molecule has 1 aliphatic carbocycles. The summed E-state index contributed by atoms with van der Waals surface area (Å²) in [5.41, 5.74) is 5.43. The number of nitrogens with zero attached hydrogens (tertiary/aromatic N) is 1. The van der Waals surface area contributed by atoms with Gasteiger partial charge in [-0.05, 0) is 30.2 Å². The zero-order chi connectivity index (χ0) is 22.7. The molecule has 0 saturated heterocycles. The third kappa shape index (κ3) is 3.34. The summed E-state index contributed by atoms with van der Waals surface area (Å²) >= 11 is 3.28. The number of aryl methyl sites for hydroxylation is 1. The maximum Gasteiger partial charge on any atom is 0.243 e. The minimum Gasteiger partial charge on any atom is -0.289 e. The Bertz CT molecular complexity index is 1430. The molecule has 7 heteroatoms. The first-order valence-electron chi connectivity index (χ1n) is 10.6. The number of carbonyl (C=O) groups is 1. The fourth-order valence-corrected chi connectivity index (χ4v) is 8.86. The Kier molecular flexibility index (Phi) is 4.92. The van der Waals surface area contributed by atoms with Gasteiger partial charge in [0, 0.05) is 39.6 Å². The molecule has 0 radical (unpaired) electrons. The van der Waals surface area contributed by atoms with Gasteiger partial charge in [-0.2, -0.15) is 4.31 Å². The lowest BCUT2D eigenvalue weighted by molar-refractivity contribution is 0.103. The van der Waals surface area contributed by atoms with E-state index in [1.165, 1.54) is 0 Å². The lowest BCUT2D eigenvalue weighted by atomic mass is 9.82. The molecule has 33 heavy (non-hydrogen) atoms. The average Bonchev–Trinajstić information content (AvgIpc) is 3.40. The molecular formula is C26H19NO3S3. The Morgan fingerprint density at radius 2 is 1.21 bits per heavy atom. The van der Waals surface area contributed by atoms with E-state index in [2.05, 4.69) is 0 Å². The van der Waals surface area contributed by atoms with Crippen LogP contribution < -0.4 is 0 Å². The van der Waals surface area contributed by atoms with E-state index >= 15 is 0 Å². The van der Waals surface area contributed by atoms with E-state index < -0.39 is 10.0 Å². The fourth-order valence-electron chi connectivity index (χ4n) is 4.42. The van der Waals surface area contributed by atoms with Crippen molar-refractivity contribution < 1.29 is 13.2 Å². The minimum atomic E-state index is -3.54. The van der Waals surface area contributed by atoms with Gasteiger partial charge < -0.3 is 0 Å². The highest BCUT2D eigenvalue weighted by molar-refractivity contribution is 8.28. The first-order chi connectivity index (χ1) is 15.9. The van der Waals surface area contributed by atoms with Gasteiger partial charge in [-0.1, -0.05) is 89.8 Å². The van der Waals surface area contributed by atoms with Crippen LogP contribution in [0.1, 0.15) is 32.6 Å². The van der Waals surface area contributed by atoms with Crippen LogP contribution in [0.4, 0.5) is 0 Å². The average molecular weight is 490 g/mol. The Hall–Kier alpha value is -2.58. The van der Waals surface area contributed by atoms with Gasteiger partial charge in [-0.3, -0.25) is 4.79 Å². The molecule has 4 nitrogen and oxygen atoms in total. The number of carbonyl (C=O) groups excluding carboxylic acids is 1. The van der Waals surface area contributed by atoms with Crippen LogP contribution in [0.5, 0.6) is 0 Å². The second kappa shape index (κ2) is 7.74. The molecule has 0 atom stereocenters. The van der Waals surface area contributed by atoms with Crippen LogP contribution in [0.15, 0.2) is 91.7 Å². The fraction of sp³-hybridized carbons (Fsp3) is 0.115. The molecule has 2 aliphatic heterocycles. The molecule has 0 fully saturated rings. The van der Waals surface area contributed by atoms with Crippen LogP contribution in [0.2, 0.25) is 0 Å². The van der Waals surface area contributed by atoms with Crippen molar-refractivity contribution in [1.82, 2.24) is 4.31 Å². The van der Waals surface area contributed by atoms with Crippen molar-refractivity contribution in [1.29, 1.82) is 0 Å². The summed E-state index contributed by atoms with van der Waals surface area (Å²) in [7, 11) is -3.54. The first kappa shape index (κ1) is 21.0. The second-order valence-corrected chi connectivity index (χ2v) is 12.6. The van der Waals surface area contributed by atoms with Gasteiger partial charge in [-0.25, -0.2) is 8.42 Å². The summed E-state index contributed by atoms with van der Waals surface area (Å²) < 4.78 is 29.0. The largest absolute Gasteiger partial charge is 0.289 e. The van der Waals surface area contributed by atoms with E-state index in [1.54, 1.807) is 40.0 Å². The highest BCUT2D eigenvalue weighted by atomic mass is 32.2. The zero-order valence-electron chi connectivity index (χ0n) is 17.7. The maximum absolute atomic E-state index is 13.2. The summed E-state index contributed by atoms with van der Waals surface area (Å²) in [4.78, 5) is 15.5. The van der Waals surface area contributed by atoms with E-state index in [0.29, 0.717) is 18.0 Å². The Balaban J connectivity index is 1.34. The standard InChI is InChI=1S/C26H19NO3S3/c1-16-10-12-17(13-11-16)33(29,30)27-14-22-23(15-27)32-26(31-22)24-18-6-2-4-8-20(18)25(28)21-9-5-3-7-19(21)24/h2-13H,14-15H2,1H3. The van der Waals surface area contributed by atoms with E-state index in [1.807, 2.05) is 67.6 Å². The maximum atomic E-state index is 13.2. The third-order valence-corrected chi connectivity index (χ3v) is 10.6. The molecular weight excluding hydrogens is 470 g/mol. The molecule has 0 aromatic heterocycles. The van der Waals surface area contributed by atoms with Crippen molar-refractivity contribution in [3.63, 3.8) is 0 Å². The number of hydrogen-bond acceptors (Lipinski definition) is 5. The molecule has 164 valence electrons. The van der Waals surface area contributed by atoms with Crippen molar-refractivity contribution in [2.24, 2.45) is 0 Å². The summed E-state index contributed by atoms with van der Waals surface area (Å²) in [5, 5.41) is 0. The van der Waals surface area contributed by atoms with Crippen molar-refractivity contribution in [2.75, 3.05) is 13.1 Å². The van der Waals surface area contributed by atoms with Crippen LogP contribution in [0.3, 0.4) is 0 Å². The van der Waals surface area contributed by atoms with Crippen molar-refractivity contribution in [3.05, 3.63) is 115 Å². The number of ketones is 1. The van der Waals surface area contributed by atoms with Crippen molar-refractivity contribution >= 4 is 44.9 Å². The molecule has 3 aliphatic rings. The predicted molar refractivity (Wildman–Crippen MR) is 134 cm³/mol. The Morgan fingerprint density at radius 3 is 1.73 bits per heavy atom. The molecule has 0 amide bonds. The van der Waals surface area contributed by atoms with Crippen LogP contribution in [0.25, 0.3) is 5.57 Å². The molecule has 6 rings (SSSR count). The SMILES string of the molecule is Cc1ccc(S(=O)(=O)N2CC3=C(C2)SC(=C2c4ccccc4C(=O)c4ccccc42)S3)cc1. The molecule has 0 unspecified atom stereocenters. The Labute approximate surface area is 201 Å². The predicted octanol–water partition coefficient (Wildman–Crippen LogP) is 5.65. The highest BCUT2D eigenvalue weighted by Crippen LogP contribution is 2.57. The van der Waals surface area contributed by atoms with Gasteiger partial charge in [0.15, 0.2) is 5.78 Å². The topological polar surface area (TPSA) is 54.5 Å². The molecule has 0 spiro atoms. The van der Waals surface area contributed by atoms with Crippen LogP contribution in [0, 0.1) is 6.92 Å². The van der Waals surface area contributed by atoms with E-state index in [4.69, 9.17) is 0 Å². The number of fused-ring (bicyclic) bond motifs is 2. The minimum absolute atomic E-state index is 0.0504. The summed E-state index contributed by atoms with van der Waals surface area (Å²) in [6.07, 6.45) is 0. The van der Waals surface area contributed by atoms with E-state index in [9.17, 15) is 13.2 Å². The third-order valence-electron chi connectivity index (χ3n) is 6.13. The van der Waals surface area contributed by atoms with Gasteiger partial charge in [0.25, 0.3) is 0 Å². The number of hydrogen-bond donors (Lipinski definition) is 0. The number of sulfonamides is 1. The van der Waals surface area contributed by atoms with Crippen LogP contribution in [-0.2, 0) is 10.0 Å². The quantitative estimate of drug-likeness (QED) is 0.364. The monoisotopic (exact) mass is 489 g/mol. The van der Waals surface area contributed by atoms with Gasteiger partial charge in [0.1, 0.15) is 0 Å². The van der Waals surface area contributed by atoms with Crippen molar-refractivity contribution in [2.45, 2.75) is 11.8 Å². The summed E-state index contributed by atoms with van der Waals surface area (Å²) in [5.74, 6) is 0.0504. The summed E-state index contributed by atoms with van der Waals surface area (Å²) in [6.45, 7) is 2.70. The van der Waals surface area contributed by atoms with Gasteiger partial charge in [0.05, 0.1) is 9.13 Å². The van der Waals surface area contributed by atoms with Gasteiger partial charge in [0.2, 0.25) is 10.0 Å². The van der Waals surface area contributed by atoms with Gasteiger partial charge >= 0.3 is 0 Å². The highest BCUT2D eigenvalue weighted by Gasteiger charge is 2.39. The van der Waals surface area contributed by atoms with Crippen LogP contribution >= 0.6 is 23.5 Å². The molecule has 0 saturated carbocycles. The number of benzene rings is 3. The lowest BCUT2D eigenvalue weighted by Gasteiger charge is -2.24. The summed E-state index contributed by atoms with van der Waals surface area (Å²) in [6, 6.07) is 22.5. The molecule has 3 aromatic carbocycles. The molecule has 2 heterocycles.